The van der Waals surface area contributed by atoms with Gasteiger partial charge in [0, 0.05) is 18.7 Å². The van der Waals surface area contributed by atoms with Crippen molar-refractivity contribution in [2.75, 3.05) is 18.0 Å². The third-order valence-corrected chi connectivity index (χ3v) is 3.44. The van der Waals surface area contributed by atoms with E-state index in [1.54, 1.807) is 0 Å². The molecular formula is C16H26N2O. The van der Waals surface area contributed by atoms with E-state index in [9.17, 15) is 4.79 Å². The van der Waals surface area contributed by atoms with Crippen molar-refractivity contribution in [2.24, 2.45) is 11.7 Å². The molecule has 1 amide bonds. The van der Waals surface area contributed by atoms with Crippen molar-refractivity contribution in [1.82, 2.24) is 0 Å². The third kappa shape index (κ3) is 5.03. The largest absolute Gasteiger partial charge is 0.330 e. The van der Waals surface area contributed by atoms with Crippen molar-refractivity contribution in [3.8, 4) is 0 Å². The average Bonchev–Trinajstić information content (AvgIpc) is 2.38. The van der Waals surface area contributed by atoms with Crippen LogP contribution in [-0.2, 0) is 4.79 Å². The minimum absolute atomic E-state index is 0.206. The summed E-state index contributed by atoms with van der Waals surface area (Å²) in [5.74, 6) is 0.724. The van der Waals surface area contributed by atoms with Gasteiger partial charge in [0.1, 0.15) is 0 Å². The van der Waals surface area contributed by atoms with E-state index in [4.69, 9.17) is 5.73 Å². The fourth-order valence-electron chi connectivity index (χ4n) is 2.23. The minimum atomic E-state index is 0.206. The maximum atomic E-state index is 12.3. The molecule has 0 saturated heterocycles. The predicted octanol–water partition coefficient (Wildman–Crippen LogP) is 3.11. The Morgan fingerprint density at radius 1 is 1.37 bits per heavy atom. The van der Waals surface area contributed by atoms with Crippen LogP contribution in [0.1, 0.15) is 38.7 Å². The fourth-order valence-corrected chi connectivity index (χ4v) is 2.23. The van der Waals surface area contributed by atoms with E-state index >= 15 is 0 Å². The zero-order valence-electron chi connectivity index (χ0n) is 12.4. The lowest BCUT2D eigenvalue weighted by Gasteiger charge is -2.22. The smallest absolute Gasteiger partial charge is 0.226 e. The highest BCUT2D eigenvalue weighted by Crippen LogP contribution is 2.18. The molecule has 1 unspecified atom stereocenters. The van der Waals surface area contributed by atoms with Gasteiger partial charge in [-0.1, -0.05) is 19.1 Å². The number of nitrogens with zero attached hydrogens (tertiary/aromatic N) is 1. The number of carbonyl (C=O) groups excluding carboxylic acids is 1. The first-order chi connectivity index (χ1) is 9.08. The Kier molecular flexibility index (Phi) is 6.57. The molecule has 0 aliphatic carbocycles. The highest BCUT2D eigenvalue weighted by atomic mass is 16.2. The van der Waals surface area contributed by atoms with E-state index in [1.807, 2.05) is 36.9 Å². The number of carbonyl (C=O) groups is 1. The van der Waals surface area contributed by atoms with E-state index in [2.05, 4.69) is 13.0 Å². The summed E-state index contributed by atoms with van der Waals surface area (Å²) in [7, 11) is 0. The second-order valence-corrected chi connectivity index (χ2v) is 5.20. The molecule has 0 saturated carbocycles. The van der Waals surface area contributed by atoms with Gasteiger partial charge >= 0.3 is 0 Å². The van der Waals surface area contributed by atoms with E-state index in [0.717, 1.165) is 18.5 Å². The summed E-state index contributed by atoms with van der Waals surface area (Å²) in [6.07, 6.45) is 2.51. The van der Waals surface area contributed by atoms with Crippen molar-refractivity contribution in [2.45, 2.75) is 40.0 Å². The molecule has 3 nitrogen and oxygen atoms in total. The summed E-state index contributed by atoms with van der Waals surface area (Å²) in [5.41, 5.74) is 7.71. The molecular weight excluding hydrogens is 236 g/mol. The Balaban J connectivity index is 2.62. The molecule has 1 aromatic carbocycles. The maximum absolute atomic E-state index is 12.3. The number of hydrogen-bond donors (Lipinski definition) is 1. The van der Waals surface area contributed by atoms with E-state index < -0.39 is 0 Å². The topological polar surface area (TPSA) is 46.3 Å². The van der Waals surface area contributed by atoms with Gasteiger partial charge in [-0.05, 0) is 56.8 Å². The molecule has 0 aliphatic rings. The molecule has 0 heterocycles. The molecule has 0 bridgehead atoms. The van der Waals surface area contributed by atoms with E-state index in [0.29, 0.717) is 25.4 Å². The SMILES string of the molecule is CCN(C(=O)CCC(C)CCN)c1cccc(C)c1. The molecule has 3 heteroatoms. The van der Waals surface area contributed by atoms with Gasteiger partial charge in [-0.25, -0.2) is 0 Å². The minimum Gasteiger partial charge on any atom is -0.330 e. The standard InChI is InChI=1S/C16H26N2O/c1-4-18(15-7-5-6-14(3)12-15)16(19)9-8-13(2)10-11-17/h5-7,12-13H,4,8-11,17H2,1-3H3. The highest BCUT2D eigenvalue weighted by molar-refractivity contribution is 5.93. The first kappa shape index (κ1) is 15.7. The normalized spacial score (nSPS) is 12.2. The molecule has 0 aliphatic heterocycles. The highest BCUT2D eigenvalue weighted by Gasteiger charge is 2.14. The lowest BCUT2D eigenvalue weighted by atomic mass is 10.0. The Morgan fingerprint density at radius 2 is 2.11 bits per heavy atom. The Hall–Kier alpha value is -1.35. The molecule has 0 fully saturated rings. The molecule has 1 aromatic rings. The number of aryl methyl sites for hydroxylation is 1. The zero-order chi connectivity index (χ0) is 14.3. The van der Waals surface area contributed by atoms with Crippen molar-refractivity contribution < 1.29 is 4.79 Å². The Morgan fingerprint density at radius 3 is 2.68 bits per heavy atom. The van der Waals surface area contributed by atoms with Crippen LogP contribution >= 0.6 is 0 Å². The molecule has 1 rings (SSSR count). The van der Waals surface area contributed by atoms with Gasteiger partial charge in [0.25, 0.3) is 0 Å². The van der Waals surface area contributed by atoms with Crippen LogP contribution < -0.4 is 10.6 Å². The number of amides is 1. The molecule has 0 aromatic heterocycles. The average molecular weight is 262 g/mol. The first-order valence-electron chi connectivity index (χ1n) is 7.15. The number of hydrogen-bond acceptors (Lipinski definition) is 2. The summed E-state index contributed by atoms with van der Waals surface area (Å²) >= 11 is 0. The van der Waals surface area contributed by atoms with Crippen LogP contribution in [0, 0.1) is 12.8 Å². The molecule has 0 radical (unpaired) electrons. The fraction of sp³-hybridized carbons (Fsp3) is 0.562. The van der Waals surface area contributed by atoms with Crippen LogP contribution in [0.5, 0.6) is 0 Å². The third-order valence-electron chi connectivity index (χ3n) is 3.44. The van der Waals surface area contributed by atoms with Crippen LogP contribution in [-0.4, -0.2) is 19.0 Å². The number of rotatable bonds is 7. The van der Waals surface area contributed by atoms with Crippen LogP contribution in [0.2, 0.25) is 0 Å². The van der Waals surface area contributed by atoms with Gasteiger partial charge in [-0.2, -0.15) is 0 Å². The maximum Gasteiger partial charge on any atom is 0.226 e. The van der Waals surface area contributed by atoms with E-state index in [1.165, 1.54) is 5.56 Å². The van der Waals surface area contributed by atoms with Crippen LogP contribution in [0.4, 0.5) is 5.69 Å². The summed E-state index contributed by atoms with van der Waals surface area (Å²) in [5, 5.41) is 0. The van der Waals surface area contributed by atoms with Gasteiger partial charge in [0.15, 0.2) is 0 Å². The summed E-state index contributed by atoms with van der Waals surface area (Å²) < 4.78 is 0. The van der Waals surface area contributed by atoms with Crippen molar-refractivity contribution in [1.29, 1.82) is 0 Å². The van der Waals surface area contributed by atoms with Crippen LogP contribution in [0.15, 0.2) is 24.3 Å². The second kappa shape index (κ2) is 7.95. The van der Waals surface area contributed by atoms with E-state index in [-0.39, 0.29) is 5.91 Å². The van der Waals surface area contributed by atoms with Crippen molar-refractivity contribution in [3.63, 3.8) is 0 Å². The van der Waals surface area contributed by atoms with Crippen LogP contribution in [0.3, 0.4) is 0 Å². The first-order valence-corrected chi connectivity index (χ1v) is 7.15. The monoisotopic (exact) mass is 262 g/mol. The number of benzene rings is 1. The van der Waals surface area contributed by atoms with Gasteiger partial charge in [0.05, 0.1) is 0 Å². The predicted molar refractivity (Wildman–Crippen MR) is 81.3 cm³/mol. The molecule has 2 N–H and O–H groups in total. The zero-order valence-corrected chi connectivity index (χ0v) is 12.4. The van der Waals surface area contributed by atoms with Crippen molar-refractivity contribution in [3.05, 3.63) is 29.8 Å². The van der Waals surface area contributed by atoms with Gasteiger partial charge in [0.2, 0.25) is 5.91 Å². The molecule has 0 spiro atoms. The molecule has 1 atom stereocenters. The Bertz CT molecular complexity index is 403. The molecule has 106 valence electrons. The lowest BCUT2D eigenvalue weighted by molar-refractivity contribution is -0.118. The number of anilines is 1. The van der Waals surface area contributed by atoms with Gasteiger partial charge in [-0.3, -0.25) is 4.79 Å². The summed E-state index contributed by atoms with van der Waals surface area (Å²) in [6, 6.07) is 8.10. The van der Waals surface area contributed by atoms with Crippen molar-refractivity contribution >= 4 is 11.6 Å². The van der Waals surface area contributed by atoms with Crippen LogP contribution in [0.25, 0.3) is 0 Å². The molecule has 19 heavy (non-hydrogen) atoms. The quantitative estimate of drug-likeness (QED) is 0.820. The Labute approximate surface area is 116 Å². The van der Waals surface area contributed by atoms with Gasteiger partial charge in [-0.15, -0.1) is 0 Å². The van der Waals surface area contributed by atoms with Gasteiger partial charge < -0.3 is 10.6 Å². The summed E-state index contributed by atoms with van der Waals surface area (Å²) in [4.78, 5) is 14.2. The second-order valence-electron chi connectivity index (χ2n) is 5.20. The lowest BCUT2D eigenvalue weighted by Crippen LogP contribution is -2.30. The summed E-state index contributed by atoms with van der Waals surface area (Å²) in [6.45, 7) is 7.63. The number of nitrogens with two attached hydrogens (primary N) is 1.